The molecule has 0 radical (unpaired) electrons. The fraction of sp³-hybridized carbons (Fsp3) is 0.429. The molecule has 1 heterocycles. The molecule has 4 aliphatic rings. The van der Waals surface area contributed by atoms with Gasteiger partial charge in [0.2, 0.25) is 0 Å². The van der Waals surface area contributed by atoms with Crippen LogP contribution in [0.4, 0.5) is 0 Å². The van der Waals surface area contributed by atoms with Gasteiger partial charge in [0, 0.05) is 29.1 Å². The molecule has 34 heavy (non-hydrogen) atoms. The molecule has 0 aliphatic heterocycles. The standard InChI is InChI=1S/C28H29Cl2N3O/c1-15-4-8-20-17(10-15)11-21-25(32-33(26(20)21)24-9-7-19(29)13-23(24)30)27(34)31-14-16-5-6-18-12-22(16)28(18,2)3/h4,7-10,13,16,18,22H,5-6,11-12,14H2,1-3H3,(H,31,34). The largest absolute Gasteiger partial charge is 0.350 e. The van der Waals surface area contributed by atoms with E-state index in [1.54, 1.807) is 12.1 Å². The maximum atomic E-state index is 13.5. The summed E-state index contributed by atoms with van der Waals surface area (Å²) in [5, 5.41) is 9.14. The number of rotatable bonds is 4. The second-order valence-corrected chi connectivity index (χ2v) is 11.8. The van der Waals surface area contributed by atoms with Gasteiger partial charge in [-0.15, -0.1) is 0 Å². The van der Waals surface area contributed by atoms with E-state index < -0.39 is 0 Å². The average Bonchev–Trinajstić information content (AvgIpc) is 3.34. The number of halogens is 2. The Morgan fingerprint density at radius 2 is 2.00 bits per heavy atom. The van der Waals surface area contributed by atoms with Gasteiger partial charge in [0.15, 0.2) is 5.69 Å². The summed E-state index contributed by atoms with van der Waals surface area (Å²) in [6.07, 6.45) is 4.48. The lowest BCUT2D eigenvalue weighted by molar-refractivity contribution is -0.103. The van der Waals surface area contributed by atoms with Crippen molar-refractivity contribution < 1.29 is 4.79 Å². The van der Waals surface area contributed by atoms with Crippen LogP contribution in [0.1, 0.15) is 60.3 Å². The van der Waals surface area contributed by atoms with Crippen LogP contribution in [0.25, 0.3) is 16.9 Å². The zero-order valence-electron chi connectivity index (χ0n) is 19.8. The molecule has 1 aromatic heterocycles. The number of nitrogens with zero attached hydrogens (tertiary/aromatic N) is 2. The number of amides is 1. The first kappa shape index (κ1) is 22.2. The fourth-order valence-corrected chi connectivity index (χ4v) is 7.20. The minimum absolute atomic E-state index is 0.0936. The zero-order valence-corrected chi connectivity index (χ0v) is 21.3. The van der Waals surface area contributed by atoms with Crippen molar-refractivity contribution in [2.45, 2.75) is 46.5 Å². The lowest BCUT2D eigenvalue weighted by Crippen LogP contribution is -2.54. The van der Waals surface area contributed by atoms with Crippen molar-refractivity contribution in [3.8, 4) is 16.9 Å². The number of carbonyl (C=O) groups excluding carboxylic acids is 1. The molecule has 3 saturated carbocycles. The smallest absolute Gasteiger partial charge is 0.272 e. The van der Waals surface area contributed by atoms with Crippen molar-refractivity contribution in [1.29, 1.82) is 0 Å². The topological polar surface area (TPSA) is 46.9 Å². The highest BCUT2D eigenvalue weighted by Gasteiger charge is 2.54. The first-order chi connectivity index (χ1) is 16.2. The van der Waals surface area contributed by atoms with Crippen molar-refractivity contribution in [2.24, 2.45) is 23.2 Å². The first-order valence-corrected chi connectivity index (χ1v) is 12.9. The van der Waals surface area contributed by atoms with Crippen molar-refractivity contribution >= 4 is 29.1 Å². The summed E-state index contributed by atoms with van der Waals surface area (Å²) in [6, 6.07) is 11.8. The molecule has 1 N–H and O–H groups in total. The second kappa shape index (κ2) is 7.86. The predicted molar refractivity (Wildman–Crippen MR) is 137 cm³/mol. The quantitative estimate of drug-likeness (QED) is 0.337. The number of aryl methyl sites for hydroxylation is 1. The van der Waals surface area contributed by atoms with Crippen LogP contribution in [0, 0.1) is 30.1 Å². The van der Waals surface area contributed by atoms with Crippen LogP contribution in [-0.4, -0.2) is 22.2 Å². The molecule has 2 bridgehead atoms. The molecule has 7 rings (SSSR count). The van der Waals surface area contributed by atoms with Crippen LogP contribution >= 0.6 is 23.2 Å². The Hall–Kier alpha value is -2.30. The summed E-state index contributed by atoms with van der Waals surface area (Å²) >= 11 is 12.7. The van der Waals surface area contributed by atoms with E-state index in [0.717, 1.165) is 35.0 Å². The Morgan fingerprint density at radius 3 is 2.74 bits per heavy atom. The SMILES string of the molecule is Cc1ccc2c(c1)Cc1c(C(=O)NCC3CCC4CC3C4(C)C)nn(-c3ccc(Cl)cc3Cl)c1-2. The third kappa shape index (κ3) is 3.33. The summed E-state index contributed by atoms with van der Waals surface area (Å²) in [6.45, 7) is 7.60. The molecular weight excluding hydrogens is 465 g/mol. The maximum absolute atomic E-state index is 13.5. The van der Waals surface area contributed by atoms with Crippen LogP contribution in [0.2, 0.25) is 10.0 Å². The van der Waals surface area contributed by atoms with E-state index in [1.807, 2.05) is 10.7 Å². The molecular formula is C28H29Cl2N3O. The molecule has 3 unspecified atom stereocenters. The molecule has 2 aromatic carbocycles. The van der Waals surface area contributed by atoms with E-state index in [4.69, 9.17) is 28.3 Å². The number of hydrogen-bond donors (Lipinski definition) is 1. The molecule has 0 saturated heterocycles. The molecule has 3 fully saturated rings. The Bertz CT molecular complexity index is 1320. The van der Waals surface area contributed by atoms with Crippen molar-refractivity contribution in [2.75, 3.05) is 6.54 Å². The van der Waals surface area contributed by atoms with Crippen molar-refractivity contribution in [3.05, 3.63) is 68.8 Å². The van der Waals surface area contributed by atoms with Crippen LogP contribution < -0.4 is 5.32 Å². The van der Waals surface area contributed by atoms with E-state index in [-0.39, 0.29) is 5.91 Å². The van der Waals surface area contributed by atoms with E-state index in [9.17, 15) is 4.79 Å². The third-order valence-electron chi connectivity index (χ3n) is 8.75. The summed E-state index contributed by atoms with van der Waals surface area (Å²) in [4.78, 5) is 13.5. The van der Waals surface area contributed by atoms with E-state index in [0.29, 0.717) is 39.4 Å². The Labute approximate surface area is 210 Å². The Balaban J connectivity index is 1.35. The van der Waals surface area contributed by atoms with Crippen LogP contribution in [-0.2, 0) is 6.42 Å². The highest BCUT2D eigenvalue weighted by Crippen LogP contribution is 2.61. The van der Waals surface area contributed by atoms with Gasteiger partial charge in [-0.25, -0.2) is 4.68 Å². The van der Waals surface area contributed by atoms with Crippen molar-refractivity contribution in [3.63, 3.8) is 0 Å². The van der Waals surface area contributed by atoms with E-state index in [1.165, 1.54) is 30.4 Å². The maximum Gasteiger partial charge on any atom is 0.272 e. The lowest BCUT2D eigenvalue weighted by Gasteiger charge is -2.60. The van der Waals surface area contributed by atoms with Gasteiger partial charge in [-0.05, 0) is 73.1 Å². The summed E-state index contributed by atoms with van der Waals surface area (Å²) in [7, 11) is 0. The van der Waals surface area contributed by atoms with Crippen LogP contribution in [0.15, 0.2) is 36.4 Å². The number of aromatic nitrogens is 2. The number of nitrogens with one attached hydrogen (secondary N) is 1. The van der Waals surface area contributed by atoms with Gasteiger partial charge >= 0.3 is 0 Å². The zero-order chi connectivity index (χ0) is 23.8. The van der Waals surface area contributed by atoms with Gasteiger partial charge in [-0.2, -0.15) is 5.10 Å². The summed E-state index contributed by atoms with van der Waals surface area (Å²) in [5.41, 5.74) is 7.07. The second-order valence-electron chi connectivity index (χ2n) is 10.9. The minimum atomic E-state index is -0.0936. The molecule has 4 nitrogen and oxygen atoms in total. The number of benzene rings is 2. The molecule has 3 aromatic rings. The van der Waals surface area contributed by atoms with Gasteiger partial charge in [0.25, 0.3) is 5.91 Å². The van der Waals surface area contributed by atoms with Gasteiger partial charge in [-0.1, -0.05) is 60.8 Å². The molecule has 0 spiro atoms. The average molecular weight is 494 g/mol. The molecule has 4 aliphatic carbocycles. The van der Waals surface area contributed by atoms with Gasteiger partial charge in [-0.3, -0.25) is 4.79 Å². The van der Waals surface area contributed by atoms with Gasteiger partial charge < -0.3 is 5.32 Å². The molecule has 1 amide bonds. The molecule has 6 heteroatoms. The highest BCUT2D eigenvalue weighted by molar-refractivity contribution is 6.35. The molecule has 176 valence electrons. The third-order valence-corrected chi connectivity index (χ3v) is 9.28. The minimum Gasteiger partial charge on any atom is -0.350 e. The Morgan fingerprint density at radius 1 is 1.18 bits per heavy atom. The highest BCUT2D eigenvalue weighted by atomic mass is 35.5. The van der Waals surface area contributed by atoms with Crippen molar-refractivity contribution in [1.82, 2.24) is 15.1 Å². The molecule has 3 atom stereocenters. The van der Waals surface area contributed by atoms with E-state index >= 15 is 0 Å². The summed E-state index contributed by atoms with van der Waals surface area (Å²) in [5.74, 6) is 2.01. The van der Waals surface area contributed by atoms with Crippen LogP contribution in [0.5, 0.6) is 0 Å². The first-order valence-electron chi connectivity index (χ1n) is 12.2. The van der Waals surface area contributed by atoms with Gasteiger partial charge in [0.05, 0.1) is 16.4 Å². The monoisotopic (exact) mass is 493 g/mol. The predicted octanol–water partition coefficient (Wildman–Crippen LogP) is 6.86. The summed E-state index contributed by atoms with van der Waals surface area (Å²) < 4.78 is 1.82. The fourth-order valence-electron chi connectivity index (χ4n) is 6.71. The van der Waals surface area contributed by atoms with Crippen LogP contribution in [0.3, 0.4) is 0 Å². The van der Waals surface area contributed by atoms with Gasteiger partial charge in [0.1, 0.15) is 0 Å². The lowest BCUT2D eigenvalue weighted by atomic mass is 9.45. The Kier molecular flexibility index (Phi) is 5.13. The number of fused-ring (bicyclic) bond motifs is 5. The number of carbonyl (C=O) groups is 1. The van der Waals surface area contributed by atoms with E-state index in [2.05, 4.69) is 44.3 Å². The number of hydrogen-bond acceptors (Lipinski definition) is 2. The normalized spacial score (nSPS) is 23.7.